The fourth-order valence-corrected chi connectivity index (χ4v) is 9.78. The third-order valence-electron chi connectivity index (χ3n) is 7.93. The molecule has 4 rings (SSSR count). The molecule has 9 heteroatoms. The lowest BCUT2D eigenvalue weighted by Crippen LogP contribution is -2.60. The molecular weight excluding hydrogens is 542 g/mol. The van der Waals surface area contributed by atoms with Crippen LogP contribution in [0, 0.1) is 17.8 Å². The highest BCUT2D eigenvalue weighted by molar-refractivity contribution is 9.09. The van der Waals surface area contributed by atoms with Gasteiger partial charge >= 0.3 is 0 Å². The lowest BCUT2D eigenvalue weighted by atomic mass is 9.70. The topological polar surface area (TPSA) is 98.7 Å². The van der Waals surface area contributed by atoms with Crippen molar-refractivity contribution in [2.75, 3.05) is 6.61 Å². The Bertz CT molecular complexity index is 1000. The van der Waals surface area contributed by atoms with Gasteiger partial charge in [-0.05, 0) is 38.7 Å². The number of thioether (sulfide) groups is 1. The maximum atomic E-state index is 14.2. The first-order chi connectivity index (χ1) is 16.9. The van der Waals surface area contributed by atoms with E-state index in [2.05, 4.69) is 26.6 Å². The van der Waals surface area contributed by atoms with Crippen molar-refractivity contribution < 1.29 is 19.5 Å². The normalized spacial score (nSPS) is 32.8. The summed E-state index contributed by atoms with van der Waals surface area (Å²) in [6.07, 6.45) is 1.39. The maximum Gasteiger partial charge on any atom is 0.244 e. The van der Waals surface area contributed by atoms with Gasteiger partial charge in [0.1, 0.15) is 6.04 Å². The summed E-state index contributed by atoms with van der Waals surface area (Å²) in [5.74, 6) is -1.69. The predicted octanol–water partition coefficient (Wildman–Crippen LogP) is 3.09. The van der Waals surface area contributed by atoms with Gasteiger partial charge in [0.15, 0.2) is 0 Å². The van der Waals surface area contributed by atoms with Crippen LogP contribution in [0.3, 0.4) is 0 Å². The van der Waals surface area contributed by atoms with Crippen LogP contribution in [0.5, 0.6) is 0 Å². The van der Waals surface area contributed by atoms with Crippen LogP contribution in [-0.2, 0) is 20.9 Å². The van der Waals surface area contributed by atoms with Crippen LogP contribution in [0.25, 0.3) is 0 Å². The number of hydrogen-bond donors (Lipinski definition) is 3. The number of nitrogens with zero attached hydrogens (tertiary/aromatic N) is 1. The molecule has 3 saturated heterocycles. The molecule has 3 N–H and O–H groups in total. The van der Waals surface area contributed by atoms with Gasteiger partial charge in [0.2, 0.25) is 17.7 Å². The minimum Gasteiger partial charge on any atom is -0.394 e. The van der Waals surface area contributed by atoms with E-state index in [0.717, 1.165) is 12.0 Å². The number of halogens is 1. The number of alkyl halides is 1. The van der Waals surface area contributed by atoms with Crippen LogP contribution in [0.2, 0.25) is 0 Å². The second kappa shape index (κ2) is 10.3. The number of rotatable bonds is 8. The zero-order valence-corrected chi connectivity index (χ0v) is 24.1. The summed E-state index contributed by atoms with van der Waals surface area (Å²) in [6, 6.07) is 8.47. The average molecular weight is 581 g/mol. The number of fused-ring (bicyclic) bond motifs is 1. The van der Waals surface area contributed by atoms with E-state index in [0.29, 0.717) is 13.0 Å². The molecule has 7 nitrogen and oxygen atoms in total. The van der Waals surface area contributed by atoms with E-state index in [4.69, 9.17) is 0 Å². The van der Waals surface area contributed by atoms with Crippen LogP contribution in [0.4, 0.5) is 0 Å². The number of aliphatic hydroxyl groups excluding tert-OH is 1. The summed E-state index contributed by atoms with van der Waals surface area (Å²) in [5.41, 5.74) is 0.512. The van der Waals surface area contributed by atoms with E-state index in [1.54, 1.807) is 16.7 Å². The van der Waals surface area contributed by atoms with Gasteiger partial charge in [-0.15, -0.1) is 11.8 Å². The Balaban J connectivity index is 1.71. The van der Waals surface area contributed by atoms with Crippen molar-refractivity contribution in [1.82, 2.24) is 15.5 Å². The van der Waals surface area contributed by atoms with E-state index in [-0.39, 0.29) is 40.3 Å². The Kier molecular flexibility index (Phi) is 7.85. The lowest BCUT2D eigenvalue weighted by Gasteiger charge is -2.40. The first-order valence-electron chi connectivity index (χ1n) is 12.8. The highest BCUT2D eigenvalue weighted by Crippen LogP contribution is 2.68. The van der Waals surface area contributed by atoms with Crippen molar-refractivity contribution in [3.8, 4) is 0 Å². The van der Waals surface area contributed by atoms with Crippen LogP contribution in [-0.4, -0.2) is 66.8 Å². The molecule has 0 saturated carbocycles. The average Bonchev–Trinajstić information content (AvgIpc) is 3.41. The molecule has 36 heavy (non-hydrogen) atoms. The summed E-state index contributed by atoms with van der Waals surface area (Å²) in [5, 5.41) is 16.4. The minimum absolute atomic E-state index is 0.00596. The summed E-state index contributed by atoms with van der Waals surface area (Å²) in [7, 11) is 0. The Labute approximate surface area is 226 Å². The van der Waals surface area contributed by atoms with Crippen LogP contribution in [0.1, 0.15) is 53.0 Å². The van der Waals surface area contributed by atoms with Crippen molar-refractivity contribution in [3.05, 3.63) is 35.9 Å². The van der Waals surface area contributed by atoms with Gasteiger partial charge in [-0.2, -0.15) is 0 Å². The molecule has 3 unspecified atom stereocenters. The number of carbonyl (C=O) groups excluding carboxylic acids is 3. The Morgan fingerprint density at radius 2 is 1.92 bits per heavy atom. The van der Waals surface area contributed by atoms with Crippen molar-refractivity contribution in [3.63, 3.8) is 0 Å². The molecule has 3 aliphatic rings. The molecule has 0 radical (unpaired) electrons. The van der Waals surface area contributed by atoms with Gasteiger partial charge in [-0.1, -0.05) is 66.5 Å². The lowest BCUT2D eigenvalue weighted by molar-refractivity contribution is -0.144. The predicted molar refractivity (Wildman–Crippen MR) is 146 cm³/mol. The fraction of sp³-hybridized carbons (Fsp3) is 0.667. The zero-order chi connectivity index (χ0) is 26.4. The molecule has 2 bridgehead atoms. The van der Waals surface area contributed by atoms with Crippen molar-refractivity contribution in [1.29, 1.82) is 0 Å². The summed E-state index contributed by atoms with van der Waals surface area (Å²) >= 11 is 5.41. The largest absolute Gasteiger partial charge is 0.394 e. The molecule has 0 aromatic heterocycles. The number of carbonyl (C=O) groups is 3. The Morgan fingerprint density at radius 1 is 1.25 bits per heavy atom. The maximum absolute atomic E-state index is 14.2. The zero-order valence-electron chi connectivity index (χ0n) is 21.7. The van der Waals surface area contributed by atoms with E-state index in [1.165, 1.54) is 0 Å². The number of benzene rings is 1. The molecule has 3 fully saturated rings. The monoisotopic (exact) mass is 579 g/mol. The summed E-state index contributed by atoms with van der Waals surface area (Å²) in [4.78, 5) is 43.3. The molecule has 3 amide bonds. The van der Waals surface area contributed by atoms with Crippen molar-refractivity contribution >= 4 is 45.4 Å². The number of nitrogens with one attached hydrogen (secondary N) is 2. The van der Waals surface area contributed by atoms with Gasteiger partial charge in [-0.25, -0.2) is 0 Å². The van der Waals surface area contributed by atoms with Crippen molar-refractivity contribution in [2.24, 2.45) is 17.8 Å². The molecule has 198 valence electrons. The van der Waals surface area contributed by atoms with Gasteiger partial charge in [0, 0.05) is 22.2 Å². The molecule has 1 aromatic carbocycles. The highest BCUT2D eigenvalue weighted by Gasteiger charge is 2.76. The van der Waals surface area contributed by atoms with E-state index in [1.807, 2.05) is 65.0 Å². The smallest absolute Gasteiger partial charge is 0.244 e. The quantitative estimate of drug-likeness (QED) is 0.411. The van der Waals surface area contributed by atoms with Crippen LogP contribution in [0.15, 0.2) is 30.3 Å². The van der Waals surface area contributed by atoms with Crippen LogP contribution < -0.4 is 10.6 Å². The van der Waals surface area contributed by atoms with Gasteiger partial charge in [-0.3, -0.25) is 14.4 Å². The second-order valence-electron chi connectivity index (χ2n) is 11.5. The summed E-state index contributed by atoms with van der Waals surface area (Å²) < 4.78 is -0.721. The Hall–Kier alpha value is -1.58. The molecule has 0 aliphatic carbocycles. The molecular formula is C27H38BrN3O4S. The van der Waals surface area contributed by atoms with E-state index >= 15 is 0 Å². The number of hydrogen-bond acceptors (Lipinski definition) is 5. The highest BCUT2D eigenvalue weighted by atomic mass is 79.9. The molecule has 3 aliphatic heterocycles. The number of aliphatic hydroxyl groups is 1. The number of amides is 3. The minimum atomic E-state index is -0.748. The van der Waals surface area contributed by atoms with Gasteiger partial charge < -0.3 is 20.6 Å². The number of likely N-dealkylation sites (tertiary alicyclic amines) is 1. The van der Waals surface area contributed by atoms with Crippen LogP contribution >= 0.6 is 27.7 Å². The van der Waals surface area contributed by atoms with Crippen molar-refractivity contribution in [2.45, 2.75) is 86.5 Å². The van der Waals surface area contributed by atoms with Gasteiger partial charge in [0.05, 0.1) is 29.2 Å². The third-order valence-corrected chi connectivity index (χ3v) is 11.2. The standard InChI is InChI=1S/C27H38BrN3O4S/c1-6-15(2)18(14-32)31-22(24(34)30-26(3,4)5)27-12-17(28)21(36-27)19(20(27)25(31)35)23(33)29-13-16-10-8-7-9-11-16/h7-11,15,17-22,32H,6,12-14H2,1-5H3,(H,29,33)(H,30,34)/t15-,17?,18-,19-,20-,21-,22?,27?/m0/s1. The summed E-state index contributed by atoms with van der Waals surface area (Å²) in [6.45, 7) is 9.95. The van der Waals surface area contributed by atoms with E-state index in [9.17, 15) is 19.5 Å². The SMILES string of the molecule is CC[C@H](C)[C@H](CO)N1C(=O)[C@@H]2[C@H](C(=O)NCc3ccccc3)[C@H]3SC2(CC3Br)C1C(=O)NC(C)(C)C. The first kappa shape index (κ1) is 27.5. The molecule has 3 heterocycles. The van der Waals surface area contributed by atoms with Gasteiger partial charge in [0.25, 0.3) is 0 Å². The fourth-order valence-electron chi connectivity index (χ4n) is 6.18. The first-order valence-corrected chi connectivity index (χ1v) is 14.6. The second-order valence-corrected chi connectivity index (χ2v) is 14.2. The third kappa shape index (κ3) is 4.71. The molecule has 8 atom stereocenters. The Morgan fingerprint density at radius 3 is 2.50 bits per heavy atom. The molecule has 1 spiro atoms. The molecule has 1 aromatic rings. The van der Waals surface area contributed by atoms with E-state index < -0.39 is 34.2 Å².